The predicted octanol–water partition coefficient (Wildman–Crippen LogP) is 0.766. The van der Waals surface area contributed by atoms with E-state index >= 15 is 0 Å². The number of hydrogen-bond donors (Lipinski definition) is 0. The van der Waals surface area contributed by atoms with E-state index in [1.54, 1.807) is 12.2 Å². The number of carbonyl (C=O) groups excluding carboxylic acids is 1. The highest BCUT2D eigenvalue weighted by Gasteiger charge is 2.33. The summed E-state index contributed by atoms with van der Waals surface area (Å²) in [5.41, 5.74) is 8.30. The number of rotatable bonds is 3. The lowest BCUT2D eigenvalue weighted by Gasteiger charge is -2.26. The highest BCUT2D eigenvalue weighted by atomic mass is 16.7. The summed E-state index contributed by atoms with van der Waals surface area (Å²) in [5, 5.41) is 3.42. The number of nitrogens with zero attached hydrogens (tertiary/aromatic N) is 3. The fourth-order valence-corrected chi connectivity index (χ4v) is 1.18. The lowest BCUT2D eigenvalue weighted by atomic mass is 10.1. The van der Waals surface area contributed by atoms with Crippen LogP contribution < -0.4 is 0 Å². The molecule has 0 unspecified atom stereocenters. The molecule has 0 aromatic rings. The molecule has 0 spiro atoms. The predicted molar refractivity (Wildman–Crippen MR) is 49.8 cm³/mol. The Bertz CT molecular complexity index is 311. The minimum atomic E-state index is -0.958. The van der Waals surface area contributed by atoms with Crippen molar-refractivity contribution in [1.82, 2.24) is 0 Å². The molecule has 0 fully saturated rings. The number of methoxy groups -OCH3 is 2. The first kappa shape index (κ1) is 11.5. The zero-order valence-corrected chi connectivity index (χ0v) is 8.36. The summed E-state index contributed by atoms with van der Waals surface area (Å²) < 4.78 is 14.6. The van der Waals surface area contributed by atoms with Gasteiger partial charge in [0.05, 0.1) is 13.2 Å². The Labute approximate surface area is 86.2 Å². The fourth-order valence-electron chi connectivity index (χ4n) is 1.18. The summed E-state index contributed by atoms with van der Waals surface area (Å²) in [7, 11) is 2.68. The average molecular weight is 213 g/mol. The Morgan fingerprint density at radius 1 is 1.53 bits per heavy atom. The first-order valence-electron chi connectivity index (χ1n) is 4.21. The summed E-state index contributed by atoms with van der Waals surface area (Å²) in [6.45, 7) is 0. The van der Waals surface area contributed by atoms with Crippen LogP contribution in [0.1, 0.15) is 0 Å². The van der Waals surface area contributed by atoms with Crippen molar-refractivity contribution in [1.29, 1.82) is 0 Å². The molecule has 0 radical (unpaired) electrons. The Hall–Kier alpha value is -1.56. The third-order valence-electron chi connectivity index (χ3n) is 1.91. The number of ether oxygens (including phenoxy) is 3. The van der Waals surface area contributed by atoms with Crippen molar-refractivity contribution in [3.63, 3.8) is 0 Å². The Morgan fingerprint density at radius 2 is 2.27 bits per heavy atom. The van der Waals surface area contributed by atoms with Gasteiger partial charge in [-0.2, -0.15) is 0 Å². The minimum absolute atomic E-state index is 0.598. The molecular weight excluding hydrogens is 202 g/mol. The molecule has 0 aromatic heterocycles. The molecule has 1 heterocycles. The Balaban J connectivity index is 2.84. The quantitative estimate of drug-likeness (QED) is 0.227. The van der Waals surface area contributed by atoms with E-state index in [2.05, 4.69) is 14.8 Å². The molecule has 1 aliphatic rings. The SMILES string of the molecule is COC(=O)[C@H]1O[C@H](OC)C=C[C@@H]1N=[N+]=[N-]. The van der Waals surface area contributed by atoms with Gasteiger partial charge in [0.2, 0.25) is 0 Å². The van der Waals surface area contributed by atoms with Crippen LogP contribution in [-0.4, -0.2) is 38.6 Å². The van der Waals surface area contributed by atoms with Crippen molar-refractivity contribution >= 4 is 5.97 Å². The Morgan fingerprint density at radius 3 is 2.80 bits per heavy atom. The summed E-state index contributed by atoms with van der Waals surface area (Å²) in [4.78, 5) is 13.9. The van der Waals surface area contributed by atoms with Gasteiger partial charge in [-0.15, -0.1) is 0 Å². The summed E-state index contributed by atoms with van der Waals surface area (Å²) in [6, 6.07) is -0.700. The molecule has 7 nitrogen and oxygen atoms in total. The summed E-state index contributed by atoms with van der Waals surface area (Å²) in [5.74, 6) is -0.598. The van der Waals surface area contributed by atoms with Crippen molar-refractivity contribution in [3.8, 4) is 0 Å². The second-order valence-electron chi connectivity index (χ2n) is 2.76. The Kier molecular flexibility index (Phi) is 4.11. The second-order valence-corrected chi connectivity index (χ2v) is 2.76. The van der Waals surface area contributed by atoms with Crippen molar-refractivity contribution in [2.24, 2.45) is 5.11 Å². The van der Waals surface area contributed by atoms with Crippen molar-refractivity contribution in [2.75, 3.05) is 14.2 Å². The third kappa shape index (κ3) is 2.69. The largest absolute Gasteiger partial charge is 0.467 e. The highest BCUT2D eigenvalue weighted by Crippen LogP contribution is 2.17. The van der Waals surface area contributed by atoms with Gasteiger partial charge >= 0.3 is 5.97 Å². The lowest BCUT2D eigenvalue weighted by Crippen LogP contribution is -2.41. The zero-order chi connectivity index (χ0) is 11.3. The number of azide groups is 1. The molecule has 15 heavy (non-hydrogen) atoms. The topological polar surface area (TPSA) is 93.5 Å². The molecule has 7 heteroatoms. The van der Waals surface area contributed by atoms with Crippen LogP contribution in [0.3, 0.4) is 0 Å². The first-order valence-corrected chi connectivity index (χ1v) is 4.21. The van der Waals surface area contributed by atoms with Crippen LogP contribution in [-0.2, 0) is 19.0 Å². The molecule has 1 aliphatic heterocycles. The van der Waals surface area contributed by atoms with Gasteiger partial charge in [0.1, 0.15) is 0 Å². The maximum atomic E-state index is 11.3. The van der Waals surface area contributed by atoms with Crippen LogP contribution in [0.4, 0.5) is 0 Å². The molecule has 0 bridgehead atoms. The van der Waals surface area contributed by atoms with E-state index in [0.717, 1.165) is 0 Å². The van der Waals surface area contributed by atoms with Gasteiger partial charge in [-0.25, -0.2) is 4.79 Å². The van der Waals surface area contributed by atoms with Gasteiger partial charge < -0.3 is 14.2 Å². The molecule has 0 N–H and O–H groups in total. The van der Waals surface area contributed by atoms with Gasteiger partial charge in [-0.1, -0.05) is 11.2 Å². The smallest absolute Gasteiger partial charge is 0.335 e. The van der Waals surface area contributed by atoms with Gasteiger partial charge in [-0.05, 0) is 11.6 Å². The van der Waals surface area contributed by atoms with Gasteiger partial charge in [-0.3, -0.25) is 0 Å². The van der Waals surface area contributed by atoms with Crippen molar-refractivity contribution in [3.05, 3.63) is 22.6 Å². The van der Waals surface area contributed by atoms with Crippen LogP contribution in [0.25, 0.3) is 10.4 Å². The lowest BCUT2D eigenvalue weighted by molar-refractivity contribution is -0.177. The van der Waals surface area contributed by atoms with E-state index in [0.29, 0.717) is 0 Å². The van der Waals surface area contributed by atoms with E-state index in [9.17, 15) is 4.79 Å². The van der Waals surface area contributed by atoms with Gasteiger partial charge in [0.25, 0.3) is 0 Å². The maximum Gasteiger partial charge on any atom is 0.335 e. The van der Waals surface area contributed by atoms with E-state index < -0.39 is 24.4 Å². The van der Waals surface area contributed by atoms with E-state index in [1.165, 1.54) is 14.2 Å². The molecule has 82 valence electrons. The summed E-state index contributed by atoms with van der Waals surface area (Å²) >= 11 is 0. The van der Waals surface area contributed by atoms with E-state index in [-0.39, 0.29) is 0 Å². The molecule has 0 amide bonds. The average Bonchev–Trinajstić information content (AvgIpc) is 2.29. The van der Waals surface area contributed by atoms with Crippen molar-refractivity contribution < 1.29 is 19.0 Å². The number of carbonyl (C=O) groups is 1. The monoisotopic (exact) mass is 213 g/mol. The minimum Gasteiger partial charge on any atom is -0.467 e. The van der Waals surface area contributed by atoms with Crippen LogP contribution in [0.2, 0.25) is 0 Å². The third-order valence-corrected chi connectivity index (χ3v) is 1.91. The van der Waals surface area contributed by atoms with Crippen LogP contribution in [0.5, 0.6) is 0 Å². The zero-order valence-electron chi connectivity index (χ0n) is 8.36. The molecule has 1 rings (SSSR count). The highest BCUT2D eigenvalue weighted by molar-refractivity contribution is 5.76. The van der Waals surface area contributed by atoms with Crippen molar-refractivity contribution in [2.45, 2.75) is 18.4 Å². The summed E-state index contributed by atoms with van der Waals surface area (Å²) in [6.07, 6.45) is 1.54. The molecule has 0 saturated heterocycles. The molecule has 0 saturated carbocycles. The van der Waals surface area contributed by atoms with E-state index in [1.807, 2.05) is 0 Å². The van der Waals surface area contributed by atoms with Crippen LogP contribution >= 0.6 is 0 Å². The normalized spacial score (nSPS) is 29.3. The molecule has 0 aliphatic carbocycles. The van der Waals surface area contributed by atoms with Crippen LogP contribution in [0, 0.1) is 0 Å². The molecule has 0 aromatic carbocycles. The van der Waals surface area contributed by atoms with E-state index in [4.69, 9.17) is 15.0 Å². The van der Waals surface area contributed by atoms with Gasteiger partial charge in [0, 0.05) is 12.0 Å². The molecule has 3 atom stereocenters. The second kappa shape index (κ2) is 5.35. The maximum absolute atomic E-state index is 11.3. The van der Waals surface area contributed by atoms with Gasteiger partial charge in [0.15, 0.2) is 12.4 Å². The standard InChI is InChI=1S/C8H11N3O4/c1-13-6-4-3-5(10-11-9)7(15-6)8(12)14-2/h3-7H,1-2H3/t5-,6-,7-/m0/s1. The van der Waals surface area contributed by atoms with Crippen LogP contribution in [0.15, 0.2) is 17.3 Å². The fraction of sp³-hybridized carbons (Fsp3) is 0.625. The number of esters is 1. The molecular formula is C8H11N3O4. The first-order chi connectivity index (χ1) is 7.22. The number of hydrogen-bond acceptors (Lipinski definition) is 5.